The van der Waals surface area contributed by atoms with Crippen LogP contribution in [0.25, 0.3) is 66.6 Å². The zero-order valence-corrected chi connectivity index (χ0v) is 58.3. The summed E-state index contributed by atoms with van der Waals surface area (Å²) in [6.45, 7) is 6.07. The molecular weight excluding hydrogens is 1330 g/mol. The molecule has 8 unspecified atom stereocenters. The first-order valence-corrected chi connectivity index (χ1v) is 36.2. The SMILES string of the molecule is Cn1cc2c(Cl)c(-c3nn(C4CCCCO4)c4nc(N5CCC6C(C5)C6(CN(Cc5ccccc5)C(=O)O)c5ccccc5)cnc34)ccc2n1.Cn1cc2c(Cl)c(-c3nn(C4CCCCO4)c4nc(N5CCC6C(C5)C6(CNC(=O)OCc5ccccc5)c5ccccc5)cnc34)ccc2n1. The Morgan fingerprint density at radius 2 is 1.05 bits per heavy atom. The maximum Gasteiger partial charge on any atom is 0.407 e. The molecular formula is C78H78Cl2N16O6. The number of hydrogen-bond acceptors (Lipinski definition) is 15. The second-order valence-corrected chi connectivity index (χ2v) is 28.9. The van der Waals surface area contributed by atoms with Gasteiger partial charge in [0, 0.05) is 118 Å². The Kier molecular flexibility index (Phi) is 17.3. The number of carbonyl (C=O) groups excluding carboxylic acids is 1. The van der Waals surface area contributed by atoms with Gasteiger partial charge < -0.3 is 39.3 Å². The Hall–Kier alpha value is -10.0. The molecule has 2 N–H and O–H groups in total. The van der Waals surface area contributed by atoms with Gasteiger partial charge in [0.25, 0.3) is 0 Å². The topological polar surface area (TPSA) is 227 Å². The van der Waals surface area contributed by atoms with E-state index in [0.717, 1.165) is 133 Å². The standard InChI is InChI=1S/2C39H39ClN8O3/c1-46-21-28-31(44-46)16-15-27(34(28)40)35-36-37(48(45-35)33-14-8-9-19-50-33)43-32(20-41-36)47-18-17-29-30(22-47)39(29,26-12-6-3-7-13-26)24-42-38(49)51-23-25-10-4-2-5-11-25;1-45-22-28-31(43-45)16-15-27(34(28)40)35-36-37(48(44-35)33-14-8-9-19-51-33)42-32(20-41-36)46-18-17-29-30(23-46)39(29,26-12-6-3-7-13-26)24-47(38(49)50)21-25-10-4-2-5-11-25/h2-7,10-13,15-16,20-21,29-30,33H,8-9,14,17-19,22-24H2,1H3,(H,42,49);2-7,10-13,15-16,20,22,29-30,33H,8-9,14,17-19,21,23-24H2,1H3,(H,49,50). The maximum absolute atomic E-state index is 12.9. The van der Waals surface area contributed by atoms with E-state index in [1.54, 1.807) is 14.3 Å². The van der Waals surface area contributed by atoms with Gasteiger partial charge in [-0.15, -0.1) is 0 Å². The minimum atomic E-state index is -0.900. The minimum absolute atomic E-state index is 0.189. The molecule has 520 valence electrons. The fourth-order valence-electron chi connectivity index (χ4n) is 17.1. The Labute approximate surface area is 599 Å². The first-order valence-electron chi connectivity index (χ1n) is 35.5. The van der Waals surface area contributed by atoms with E-state index < -0.39 is 12.2 Å². The monoisotopic (exact) mass is 1400 g/mol. The lowest BCUT2D eigenvalue weighted by Gasteiger charge is -2.28. The first kappa shape index (κ1) is 65.3. The highest BCUT2D eigenvalue weighted by molar-refractivity contribution is 6.39. The summed E-state index contributed by atoms with van der Waals surface area (Å²) in [4.78, 5) is 52.4. The molecule has 0 bridgehead atoms. The number of halogens is 2. The van der Waals surface area contributed by atoms with Crippen LogP contribution in [-0.4, -0.2) is 134 Å². The summed E-state index contributed by atoms with van der Waals surface area (Å²) >= 11 is 14.0. The van der Waals surface area contributed by atoms with Crippen LogP contribution in [0.5, 0.6) is 0 Å². The van der Waals surface area contributed by atoms with Crippen molar-refractivity contribution < 1.29 is 28.9 Å². The van der Waals surface area contributed by atoms with E-state index >= 15 is 0 Å². The van der Waals surface area contributed by atoms with Crippen LogP contribution >= 0.6 is 23.2 Å². The lowest BCUT2D eigenvalue weighted by Crippen LogP contribution is -2.38. The van der Waals surface area contributed by atoms with Crippen LogP contribution in [0.2, 0.25) is 10.0 Å². The molecule has 6 fully saturated rings. The lowest BCUT2D eigenvalue weighted by atomic mass is 9.90. The summed E-state index contributed by atoms with van der Waals surface area (Å²) in [5, 5.41) is 35.6. The van der Waals surface area contributed by atoms with Crippen LogP contribution in [-0.2, 0) is 52.3 Å². The van der Waals surface area contributed by atoms with Gasteiger partial charge in [-0.05, 0) is 122 Å². The highest BCUT2D eigenvalue weighted by Crippen LogP contribution is 2.65. The molecule has 18 rings (SSSR count). The van der Waals surface area contributed by atoms with Crippen molar-refractivity contribution in [3.63, 3.8) is 0 Å². The molecule has 2 aliphatic carbocycles. The maximum atomic E-state index is 12.9. The number of carboxylic acid groups (broad SMARTS) is 1. The second-order valence-electron chi connectivity index (χ2n) is 28.1. The summed E-state index contributed by atoms with van der Waals surface area (Å²) < 4.78 is 25.4. The van der Waals surface area contributed by atoms with E-state index in [0.29, 0.717) is 94.4 Å². The molecule has 12 aromatic rings. The van der Waals surface area contributed by atoms with Crippen molar-refractivity contribution in [1.29, 1.82) is 0 Å². The van der Waals surface area contributed by atoms with Crippen molar-refractivity contribution in [3.8, 4) is 22.5 Å². The summed E-state index contributed by atoms with van der Waals surface area (Å²) in [6.07, 6.45) is 13.5. The fraction of sp³-hybridized carbons (Fsp3) is 0.359. The van der Waals surface area contributed by atoms with Gasteiger partial charge in [-0.25, -0.2) is 38.9 Å². The number of aryl methyl sites for hydroxylation is 2. The number of aromatic nitrogens is 12. The largest absolute Gasteiger partial charge is 0.465 e. The molecule has 6 aromatic heterocycles. The highest BCUT2D eigenvalue weighted by Gasteiger charge is 2.68. The Balaban J connectivity index is 0.000000152. The van der Waals surface area contributed by atoms with E-state index in [1.165, 1.54) is 11.1 Å². The molecule has 8 atom stereocenters. The van der Waals surface area contributed by atoms with Crippen molar-refractivity contribution in [2.75, 3.05) is 62.3 Å². The first-order chi connectivity index (χ1) is 49.9. The zero-order valence-electron chi connectivity index (χ0n) is 56.8. The summed E-state index contributed by atoms with van der Waals surface area (Å²) in [7, 11) is 3.77. The highest BCUT2D eigenvalue weighted by atomic mass is 35.5. The van der Waals surface area contributed by atoms with Crippen LogP contribution in [0.1, 0.15) is 86.1 Å². The molecule has 10 heterocycles. The van der Waals surface area contributed by atoms with Crippen molar-refractivity contribution in [2.24, 2.45) is 37.8 Å². The molecule has 102 heavy (non-hydrogen) atoms. The molecule has 4 aliphatic heterocycles. The summed E-state index contributed by atoms with van der Waals surface area (Å²) in [6, 6.07) is 48.5. The molecule has 6 aliphatic rings. The summed E-state index contributed by atoms with van der Waals surface area (Å²) in [5.74, 6) is 2.97. The number of carbonyl (C=O) groups is 2. The molecule has 4 saturated heterocycles. The Morgan fingerprint density at radius 1 is 0.578 bits per heavy atom. The average Bonchev–Trinajstić information content (AvgIpc) is 1.53. The number of amides is 2. The van der Waals surface area contributed by atoms with Gasteiger partial charge in [-0.1, -0.05) is 145 Å². The van der Waals surface area contributed by atoms with Crippen molar-refractivity contribution in [3.05, 3.63) is 203 Å². The Bertz CT molecular complexity index is 5080. The van der Waals surface area contributed by atoms with E-state index in [-0.39, 0.29) is 35.8 Å². The number of piperidine rings is 2. The number of ether oxygens (including phenoxy) is 3. The van der Waals surface area contributed by atoms with Gasteiger partial charge in [-0.2, -0.15) is 20.4 Å². The molecule has 0 radical (unpaired) electrons. The van der Waals surface area contributed by atoms with Crippen molar-refractivity contribution in [1.82, 2.24) is 69.3 Å². The zero-order chi connectivity index (χ0) is 69.2. The van der Waals surface area contributed by atoms with Crippen molar-refractivity contribution in [2.45, 2.75) is 87.8 Å². The van der Waals surface area contributed by atoms with E-state index in [2.05, 4.69) is 73.8 Å². The number of alkyl carbamates (subject to hydrolysis) is 1. The number of rotatable bonds is 16. The molecule has 0 spiro atoms. The van der Waals surface area contributed by atoms with E-state index in [1.807, 2.05) is 145 Å². The lowest BCUT2D eigenvalue weighted by molar-refractivity contribution is -0.0369. The molecule has 22 nitrogen and oxygen atoms in total. The third kappa shape index (κ3) is 12.0. The quantitative estimate of drug-likeness (QED) is 0.0917. The molecule has 24 heteroatoms. The van der Waals surface area contributed by atoms with Crippen LogP contribution in [0.3, 0.4) is 0 Å². The smallest absolute Gasteiger partial charge is 0.407 e. The second kappa shape index (κ2) is 27.1. The van der Waals surface area contributed by atoms with Crippen LogP contribution in [0.4, 0.5) is 21.2 Å². The Morgan fingerprint density at radius 3 is 1.54 bits per heavy atom. The van der Waals surface area contributed by atoms with Gasteiger partial charge in [-0.3, -0.25) is 9.36 Å². The number of hydrogen-bond donors (Lipinski definition) is 2. The normalized spacial score (nSPS) is 23.0. The van der Waals surface area contributed by atoms with Gasteiger partial charge >= 0.3 is 12.2 Å². The van der Waals surface area contributed by atoms with E-state index in [9.17, 15) is 14.7 Å². The fourth-order valence-corrected chi connectivity index (χ4v) is 17.7. The third-order valence-electron chi connectivity index (χ3n) is 22.2. The van der Waals surface area contributed by atoms with Gasteiger partial charge in [0.2, 0.25) is 0 Å². The molecule has 2 amide bonds. The number of anilines is 2. The summed E-state index contributed by atoms with van der Waals surface area (Å²) in [5.41, 5.74) is 11.2. The van der Waals surface area contributed by atoms with Crippen LogP contribution < -0.4 is 15.1 Å². The number of benzene rings is 6. The molecule has 2 saturated carbocycles. The molecule has 6 aromatic carbocycles. The van der Waals surface area contributed by atoms with Gasteiger partial charge in [0.05, 0.1) is 33.5 Å². The van der Waals surface area contributed by atoms with Crippen molar-refractivity contribution >= 4 is 91.2 Å². The van der Waals surface area contributed by atoms with E-state index in [4.69, 9.17) is 67.5 Å². The predicted octanol–water partition coefficient (Wildman–Crippen LogP) is 14.4. The number of fused-ring (bicyclic) bond motifs is 6. The third-order valence-corrected chi connectivity index (χ3v) is 23.0. The van der Waals surface area contributed by atoms with Gasteiger partial charge in [0.1, 0.15) is 40.7 Å². The number of nitrogens with zero attached hydrogens (tertiary/aromatic N) is 15. The van der Waals surface area contributed by atoms with Crippen LogP contribution in [0.15, 0.2) is 170 Å². The minimum Gasteiger partial charge on any atom is -0.465 e. The van der Waals surface area contributed by atoms with Gasteiger partial charge in [0.15, 0.2) is 23.8 Å². The number of nitrogens with one attached hydrogen (secondary N) is 1. The van der Waals surface area contributed by atoms with Crippen LogP contribution in [0, 0.1) is 23.7 Å². The predicted molar refractivity (Wildman–Crippen MR) is 391 cm³/mol. The average molecular weight is 1410 g/mol.